The van der Waals surface area contributed by atoms with Gasteiger partial charge in [-0.1, -0.05) is 26.7 Å². The van der Waals surface area contributed by atoms with Gasteiger partial charge in [0, 0.05) is 23.7 Å². The lowest BCUT2D eigenvalue weighted by Gasteiger charge is -2.21. The number of aromatic nitrogens is 2. The Morgan fingerprint density at radius 1 is 1.17 bits per heavy atom. The number of nitrogens with zero attached hydrogens (tertiary/aromatic N) is 2. The first-order chi connectivity index (χ1) is 8.56. The number of rotatable bonds is 4. The first-order valence-corrected chi connectivity index (χ1v) is 7.18. The van der Waals surface area contributed by atoms with Crippen LogP contribution in [0.2, 0.25) is 0 Å². The lowest BCUT2D eigenvalue weighted by atomic mass is 10.00. The molecule has 1 unspecified atom stereocenters. The van der Waals surface area contributed by atoms with E-state index in [4.69, 9.17) is 0 Å². The lowest BCUT2D eigenvalue weighted by Crippen LogP contribution is -2.24. The maximum atomic E-state index is 4.62. The Morgan fingerprint density at radius 2 is 1.83 bits per heavy atom. The summed E-state index contributed by atoms with van der Waals surface area (Å²) in [7, 11) is 0. The van der Waals surface area contributed by atoms with Crippen molar-refractivity contribution < 1.29 is 0 Å². The van der Waals surface area contributed by atoms with Crippen LogP contribution in [0.5, 0.6) is 0 Å². The van der Waals surface area contributed by atoms with Crippen molar-refractivity contribution in [3.8, 4) is 0 Å². The molecular weight excluding hydrogens is 222 g/mol. The fourth-order valence-electron chi connectivity index (χ4n) is 2.73. The van der Waals surface area contributed by atoms with Crippen LogP contribution in [0.1, 0.15) is 63.9 Å². The van der Waals surface area contributed by atoms with Crippen molar-refractivity contribution in [1.29, 1.82) is 0 Å². The Hall–Kier alpha value is -1.12. The molecule has 0 radical (unpaired) electrons. The zero-order valence-corrected chi connectivity index (χ0v) is 12.0. The SMILES string of the molecule is Cc1cc(NC(C)C2CCCC2)nc(C(C)C)n1. The second-order valence-electron chi connectivity index (χ2n) is 5.89. The third-order valence-electron chi connectivity index (χ3n) is 3.87. The molecule has 1 aromatic rings. The van der Waals surface area contributed by atoms with Gasteiger partial charge in [0.15, 0.2) is 0 Å². The quantitative estimate of drug-likeness (QED) is 0.877. The molecular formula is C15H25N3. The van der Waals surface area contributed by atoms with Crippen LogP contribution in [0.4, 0.5) is 5.82 Å². The van der Waals surface area contributed by atoms with Crippen molar-refractivity contribution >= 4 is 5.82 Å². The van der Waals surface area contributed by atoms with Crippen molar-refractivity contribution in [3.63, 3.8) is 0 Å². The first kappa shape index (κ1) is 13.3. The molecule has 0 bridgehead atoms. The summed E-state index contributed by atoms with van der Waals surface area (Å²) in [5.41, 5.74) is 1.05. The predicted octanol–water partition coefficient (Wildman–Crippen LogP) is 3.90. The molecule has 3 nitrogen and oxygen atoms in total. The summed E-state index contributed by atoms with van der Waals surface area (Å²) >= 11 is 0. The van der Waals surface area contributed by atoms with Crippen LogP contribution in [-0.2, 0) is 0 Å². The summed E-state index contributed by atoms with van der Waals surface area (Å²) in [6.45, 7) is 8.60. The third-order valence-corrected chi connectivity index (χ3v) is 3.87. The van der Waals surface area contributed by atoms with E-state index in [1.165, 1.54) is 25.7 Å². The monoisotopic (exact) mass is 247 g/mol. The Morgan fingerprint density at radius 3 is 2.44 bits per heavy atom. The van der Waals surface area contributed by atoms with E-state index in [9.17, 15) is 0 Å². The van der Waals surface area contributed by atoms with Crippen molar-refractivity contribution in [2.45, 2.75) is 65.3 Å². The molecule has 3 heteroatoms. The first-order valence-electron chi connectivity index (χ1n) is 7.18. The molecule has 0 aliphatic heterocycles. The summed E-state index contributed by atoms with van der Waals surface area (Å²) in [6.07, 6.45) is 5.48. The van der Waals surface area contributed by atoms with Crippen LogP contribution < -0.4 is 5.32 Å². The van der Waals surface area contributed by atoms with E-state index in [1.807, 2.05) is 6.92 Å². The molecule has 0 saturated heterocycles. The van der Waals surface area contributed by atoms with Gasteiger partial charge in [-0.15, -0.1) is 0 Å². The van der Waals surface area contributed by atoms with Gasteiger partial charge in [-0.3, -0.25) is 0 Å². The molecule has 1 heterocycles. The number of anilines is 1. The van der Waals surface area contributed by atoms with E-state index in [0.29, 0.717) is 12.0 Å². The minimum absolute atomic E-state index is 0.382. The second kappa shape index (κ2) is 5.68. The molecule has 1 N–H and O–H groups in total. The van der Waals surface area contributed by atoms with Gasteiger partial charge in [0.05, 0.1) is 0 Å². The van der Waals surface area contributed by atoms with Crippen molar-refractivity contribution in [2.75, 3.05) is 5.32 Å². The highest BCUT2D eigenvalue weighted by Crippen LogP contribution is 2.29. The van der Waals surface area contributed by atoms with Crippen LogP contribution in [0, 0.1) is 12.8 Å². The Labute approximate surface area is 110 Å². The highest BCUT2D eigenvalue weighted by atomic mass is 15.1. The van der Waals surface area contributed by atoms with Gasteiger partial charge >= 0.3 is 0 Å². The van der Waals surface area contributed by atoms with Gasteiger partial charge in [-0.05, 0) is 32.6 Å². The molecule has 1 atom stereocenters. The van der Waals surface area contributed by atoms with Gasteiger partial charge in [0.2, 0.25) is 0 Å². The Bertz CT molecular complexity index is 395. The normalized spacial score (nSPS) is 18.3. The maximum absolute atomic E-state index is 4.62. The Kier molecular flexibility index (Phi) is 4.20. The molecule has 1 aliphatic rings. The van der Waals surface area contributed by atoms with Crippen LogP contribution in [-0.4, -0.2) is 16.0 Å². The van der Waals surface area contributed by atoms with Crippen LogP contribution in [0.15, 0.2) is 6.07 Å². The summed E-state index contributed by atoms with van der Waals surface area (Å²) < 4.78 is 0. The Balaban J connectivity index is 2.08. The highest BCUT2D eigenvalue weighted by Gasteiger charge is 2.21. The van der Waals surface area contributed by atoms with Crippen molar-refractivity contribution in [1.82, 2.24) is 9.97 Å². The van der Waals surface area contributed by atoms with Crippen LogP contribution >= 0.6 is 0 Å². The average Bonchev–Trinajstić information content (AvgIpc) is 2.81. The predicted molar refractivity (Wildman–Crippen MR) is 75.9 cm³/mol. The molecule has 1 aliphatic carbocycles. The molecule has 2 rings (SSSR count). The fourth-order valence-corrected chi connectivity index (χ4v) is 2.73. The zero-order valence-electron chi connectivity index (χ0n) is 12.0. The summed E-state index contributed by atoms with van der Waals surface area (Å²) in [6, 6.07) is 2.57. The van der Waals surface area contributed by atoms with E-state index in [1.54, 1.807) is 0 Å². The van der Waals surface area contributed by atoms with Crippen molar-refractivity contribution in [2.24, 2.45) is 5.92 Å². The summed E-state index contributed by atoms with van der Waals surface area (Å²) in [4.78, 5) is 9.11. The molecule has 1 fully saturated rings. The smallest absolute Gasteiger partial charge is 0.133 e. The molecule has 0 spiro atoms. The maximum Gasteiger partial charge on any atom is 0.133 e. The van der Waals surface area contributed by atoms with Gasteiger partial charge in [0.25, 0.3) is 0 Å². The number of hydrogen-bond donors (Lipinski definition) is 1. The van der Waals surface area contributed by atoms with Crippen LogP contribution in [0.3, 0.4) is 0 Å². The second-order valence-corrected chi connectivity index (χ2v) is 5.89. The van der Waals surface area contributed by atoms with Crippen molar-refractivity contribution in [3.05, 3.63) is 17.6 Å². The number of nitrogens with one attached hydrogen (secondary N) is 1. The van der Waals surface area contributed by atoms with Gasteiger partial charge in [-0.2, -0.15) is 0 Å². The van der Waals surface area contributed by atoms with E-state index in [0.717, 1.165) is 23.3 Å². The summed E-state index contributed by atoms with van der Waals surface area (Å²) in [5.74, 6) is 3.12. The fraction of sp³-hybridized carbons (Fsp3) is 0.733. The van der Waals surface area contributed by atoms with E-state index in [2.05, 4.69) is 42.1 Å². The molecule has 0 amide bonds. The molecule has 18 heavy (non-hydrogen) atoms. The molecule has 1 aromatic heterocycles. The molecule has 1 saturated carbocycles. The molecule has 0 aromatic carbocycles. The van der Waals surface area contributed by atoms with Gasteiger partial charge < -0.3 is 5.32 Å². The highest BCUT2D eigenvalue weighted by molar-refractivity contribution is 5.37. The van der Waals surface area contributed by atoms with Gasteiger partial charge in [0.1, 0.15) is 11.6 Å². The number of hydrogen-bond acceptors (Lipinski definition) is 3. The minimum Gasteiger partial charge on any atom is -0.367 e. The zero-order chi connectivity index (χ0) is 13.1. The molecule has 100 valence electrons. The minimum atomic E-state index is 0.382. The lowest BCUT2D eigenvalue weighted by molar-refractivity contribution is 0.480. The third kappa shape index (κ3) is 3.21. The van der Waals surface area contributed by atoms with E-state index >= 15 is 0 Å². The van der Waals surface area contributed by atoms with E-state index < -0.39 is 0 Å². The van der Waals surface area contributed by atoms with Gasteiger partial charge in [-0.25, -0.2) is 9.97 Å². The summed E-state index contributed by atoms with van der Waals surface area (Å²) in [5, 5.41) is 3.57. The van der Waals surface area contributed by atoms with E-state index in [-0.39, 0.29) is 0 Å². The number of aryl methyl sites for hydroxylation is 1. The topological polar surface area (TPSA) is 37.8 Å². The van der Waals surface area contributed by atoms with Crippen LogP contribution in [0.25, 0.3) is 0 Å². The standard InChI is InChI=1S/C15H25N3/c1-10(2)15-16-11(3)9-14(18-15)17-12(4)13-7-5-6-8-13/h9-10,12-13H,5-8H2,1-4H3,(H,16,17,18). The largest absolute Gasteiger partial charge is 0.367 e. The average molecular weight is 247 g/mol.